The Bertz CT molecular complexity index is 299. The number of aryl methyl sites for hydroxylation is 2. The van der Waals surface area contributed by atoms with Crippen LogP contribution >= 0.6 is 0 Å². The van der Waals surface area contributed by atoms with Crippen molar-refractivity contribution >= 4 is 0 Å². The third-order valence-corrected chi connectivity index (χ3v) is 3.09. The number of hydrogen-bond acceptors (Lipinski definition) is 3. The molecule has 1 N–H and O–H groups in total. The van der Waals surface area contributed by atoms with Crippen LogP contribution in [0.15, 0.2) is 12.4 Å². The molecule has 0 bridgehead atoms. The number of nitrogens with zero attached hydrogens (tertiary/aromatic N) is 2. The fraction of sp³-hybridized carbons (Fsp3) is 0.769. The van der Waals surface area contributed by atoms with Crippen molar-refractivity contribution in [3.05, 3.63) is 18.0 Å². The zero-order chi connectivity index (χ0) is 12.5. The van der Waals surface area contributed by atoms with Gasteiger partial charge in [0.15, 0.2) is 0 Å². The smallest absolute Gasteiger partial charge is 0.0587 e. The summed E-state index contributed by atoms with van der Waals surface area (Å²) in [6, 6.07) is 0. The van der Waals surface area contributed by atoms with Gasteiger partial charge in [-0.05, 0) is 30.9 Å². The molecular weight excluding hydrogens is 214 g/mol. The van der Waals surface area contributed by atoms with Gasteiger partial charge >= 0.3 is 0 Å². The highest BCUT2D eigenvalue weighted by Crippen LogP contribution is 2.11. The van der Waals surface area contributed by atoms with Gasteiger partial charge in [0.1, 0.15) is 0 Å². The van der Waals surface area contributed by atoms with Crippen molar-refractivity contribution in [2.75, 3.05) is 26.8 Å². The molecule has 0 aliphatic rings. The lowest BCUT2D eigenvalue weighted by atomic mass is 9.98. The zero-order valence-electron chi connectivity index (χ0n) is 11.3. The average molecular weight is 239 g/mol. The highest BCUT2D eigenvalue weighted by molar-refractivity contribution is 5.03. The van der Waals surface area contributed by atoms with Crippen molar-refractivity contribution in [2.45, 2.75) is 26.2 Å². The molecule has 4 heteroatoms. The van der Waals surface area contributed by atoms with E-state index < -0.39 is 0 Å². The minimum absolute atomic E-state index is 0.743. The Labute approximate surface area is 104 Å². The Morgan fingerprint density at radius 2 is 2.35 bits per heavy atom. The minimum atomic E-state index is 0.743. The summed E-state index contributed by atoms with van der Waals surface area (Å²) in [6.45, 7) is 5.07. The van der Waals surface area contributed by atoms with Crippen molar-refractivity contribution in [1.82, 2.24) is 15.1 Å². The monoisotopic (exact) mass is 239 g/mol. The van der Waals surface area contributed by atoms with E-state index in [-0.39, 0.29) is 0 Å². The van der Waals surface area contributed by atoms with E-state index in [4.69, 9.17) is 4.74 Å². The molecule has 1 aromatic rings. The molecular formula is C13H25N3O. The molecule has 0 aliphatic carbocycles. The molecule has 1 heterocycles. The van der Waals surface area contributed by atoms with Gasteiger partial charge in [-0.15, -0.1) is 0 Å². The highest BCUT2D eigenvalue weighted by atomic mass is 16.5. The van der Waals surface area contributed by atoms with Crippen molar-refractivity contribution in [1.29, 1.82) is 0 Å². The topological polar surface area (TPSA) is 39.1 Å². The second-order valence-corrected chi connectivity index (χ2v) is 4.53. The molecule has 1 rings (SSSR count). The van der Waals surface area contributed by atoms with Gasteiger partial charge in [0, 0.05) is 26.9 Å². The Morgan fingerprint density at radius 1 is 1.53 bits per heavy atom. The summed E-state index contributed by atoms with van der Waals surface area (Å²) in [5.41, 5.74) is 1.34. The summed E-state index contributed by atoms with van der Waals surface area (Å²) < 4.78 is 6.88. The van der Waals surface area contributed by atoms with Crippen LogP contribution in [0.25, 0.3) is 0 Å². The van der Waals surface area contributed by atoms with Crippen LogP contribution in [0.4, 0.5) is 0 Å². The molecule has 0 aliphatic heterocycles. The number of rotatable bonds is 9. The van der Waals surface area contributed by atoms with E-state index in [1.807, 2.05) is 17.9 Å². The maximum absolute atomic E-state index is 5.02. The van der Waals surface area contributed by atoms with Crippen molar-refractivity contribution in [3.63, 3.8) is 0 Å². The first-order chi connectivity index (χ1) is 8.26. The van der Waals surface area contributed by atoms with Crippen LogP contribution < -0.4 is 5.32 Å². The second kappa shape index (κ2) is 8.25. The Kier molecular flexibility index (Phi) is 6.89. The molecule has 1 aromatic heterocycles. The molecule has 0 spiro atoms. The first kappa shape index (κ1) is 14.2. The summed E-state index contributed by atoms with van der Waals surface area (Å²) in [6.07, 6.45) is 7.64. The normalized spacial score (nSPS) is 12.9. The molecule has 17 heavy (non-hydrogen) atoms. The van der Waals surface area contributed by atoms with E-state index in [0.29, 0.717) is 0 Å². The summed E-state index contributed by atoms with van der Waals surface area (Å²) >= 11 is 0. The molecule has 0 saturated carbocycles. The van der Waals surface area contributed by atoms with Crippen LogP contribution in [0, 0.1) is 5.92 Å². The standard InChI is InChI=1S/C13H25N3O/c1-4-12(9-14-7-8-17-3)5-6-13-10-15-16(2)11-13/h10-12,14H,4-9H2,1-3H3. The quantitative estimate of drug-likeness (QED) is 0.666. The minimum Gasteiger partial charge on any atom is -0.383 e. The van der Waals surface area contributed by atoms with E-state index in [9.17, 15) is 0 Å². The lowest BCUT2D eigenvalue weighted by molar-refractivity contribution is 0.197. The van der Waals surface area contributed by atoms with Crippen LogP contribution in [0.1, 0.15) is 25.3 Å². The zero-order valence-corrected chi connectivity index (χ0v) is 11.3. The number of nitrogens with one attached hydrogen (secondary N) is 1. The number of ether oxygens (including phenoxy) is 1. The molecule has 98 valence electrons. The van der Waals surface area contributed by atoms with E-state index in [1.165, 1.54) is 18.4 Å². The van der Waals surface area contributed by atoms with Gasteiger partial charge in [-0.2, -0.15) is 5.10 Å². The average Bonchev–Trinajstić information content (AvgIpc) is 2.74. The number of methoxy groups -OCH3 is 1. The fourth-order valence-corrected chi connectivity index (χ4v) is 1.90. The maximum atomic E-state index is 5.02. The number of hydrogen-bond donors (Lipinski definition) is 1. The molecule has 4 nitrogen and oxygen atoms in total. The largest absolute Gasteiger partial charge is 0.383 e. The predicted octanol–water partition coefficient (Wildman–Crippen LogP) is 1.61. The highest BCUT2D eigenvalue weighted by Gasteiger charge is 2.06. The van der Waals surface area contributed by atoms with Gasteiger partial charge in [0.05, 0.1) is 12.8 Å². The molecule has 0 amide bonds. The van der Waals surface area contributed by atoms with E-state index in [0.717, 1.165) is 32.0 Å². The van der Waals surface area contributed by atoms with Crippen LogP contribution in [-0.4, -0.2) is 36.6 Å². The van der Waals surface area contributed by atoms with E-state index >= 15 is 0 Å². The van der Waals surface area contributed by atoms with Gasteiger partial charge in [0.25, 0.3) is 0 Å². The molecule has 1 atom stereocenters. The van der Waals surface area contributed by atoms with Crippen LogP contribution in [0.3, 0.4) is 0 Å². The van der Waals surface area contributed by atoms with Crippen LogP contribution in [-0.2, 0) is 18.2 Å². The van der Waals surface area contributed by atoms with E-state index in [2.05, 4.69) is 23.5 Å². The molecule has 0 aromatic carbocycles. The second-order valence-electron chi connectivity index (χ2n) is 4.53. The van der Waals surface area contributed by atoms with Crippen molar-refractivity contribution in [2.24, 2.45) is 13.0 Å². The SMILES string of the molecule is CCC(CCc1cnn(C)c1)CNCCOC. The van der Waals surface area contributed by atoms with Crippen molar-refractivity contribution < 1.29 is 4.74 Å². The molecule has 0 saturated heterocycles. The Hall–Kier alpha value is -0.870. The van der Waals surface area contributed by atoms with Gasteiger partial charge in [0.2, 0.25) is 0 Å². The van der Waals surface area contributed by atoms with Gasteiger partial charge in [-0.1, -0.05) is 13.3 Å². The number of aromatic nitrogens is 2. The summed E-state index contributed by atoms with van der Waals surface area (Å²) in [5.74, 6) is 0.743. The fourth-order valence-electron chi connectivity index (χ4n) is 1.90. The van der Waals surface area contributed by atoms with E-state index in [1.54, 1.807) is 7.11 Å². The lowest BCUT2D eigenvalue weighted by Gasteiger charge is -2.15. The van der Waals surface area contributed by atoms with Crippen LogP contribution in [0.5, 0.6) is 0 Å². The molecule has 1 unspecified atom stereocenters. The van der Waals surface area contributed by atoms with Gasteiger partial charge in [-0.25, -0.2) is 0 Å². The third-order valence-electron chi connectivity index (χ3n) is 3.09. The maximum Gasteiger partial charge on any atom is 0.0587 e. The Balaban J connectivity index is 2.18. The Morgan fingerprint density at radius 3 is 2.94 bits per heavy atom. The molecule has 0 fully saturated rings. The summed E-state index contributed by atoms with van der Waals surface area (Å²) in [5, 5.41) is 7.62. The molecule has 0 radical (unpaired) electrons. The summed E-state index contributed by atoms with van der Waals surface area (Å²) in [7, 11) is 3.70. The van der Waals surface area contributed by atoms with Crippen molar-refractivity contribution in [3.8, 4) is 0 Å². The third kappa shape index (κ3) is 5.84. The van der Waals surface area contributed by atoms with Gasteiger partial charge < -0.3 is 10.1 Å². The first-order valence-electron chi connectivity index (χ1n) is 6.43. The predicted molar refractivity (Wildman–Crippen MR) is 70.1 cm³/mol. The van der Waals surface area contributed by atoms with Crippen LogP contribution in [0.2, 0.25) is 0 Å². The lowest BCUT2D eigenvalue weighted by Crippen LogP contribution is -2.26. The van der Waals surface area contributed by atoms with Gasteiger partial charge in [-0.3, -0.25) is 4.68 Å². The summed E-state index contributed by atoms with van der Waals surface area (Å²) in [4.78, 5) is 0. The first-order valence-corrected chi connectivity index (χ1v) is 6.43.